The van der Waals surface area contributed by atoms with Crippen LogP contribution in [0.4, 0.5) is 0 Å². The first-order chi connectivity index (χ1) is 8.09. The van der Waals surface area contributed by atoms with Crippen molar-refractivity contribution < 1.29 is 4.79 Å². The minimum atomic E-state index is -0.209. The average Bonchev–Trinajstić information content (AvgIpc) is 2.68. The number of benzene rings is 1. The van der Waals surface area contributed by atoms with E-state index in [1.165, 1.54) is 18.4 Å². The number of hydrogen-bond donors (Lipinski definition) is 1. The Bertz CT molecular complexity index is 405. The number of Topliss-reactive ketones (excluding diaryl/α,β-unsaturated/α-hetero) is 1. The molecule has 0 aliphatic heterocycles. The molecule has 2 rings (SSSR count). The Kier molecular flexibility index (Phi) is 3.63. The number of carbonyl (C=O) groups is 1. The van der Waals surface area contributed by atoms with Crippen molar-refractivity contribution in [3.8, 4) is 0 Å². The molecule has 0 heterocycles. The summed E-state index contributed by atoms with van der Waals surface area (Å²) in [7, 11) is 0. The molecule has 0 saturated heterocycles. The molecule has 0 bridgehead atoms. The number of hydrogen-bond acceptors (Lipinski definition) is 2. The standard InChI is InChI=1S/C15H21NO/c1-12-6-2-3-7-13(12)10-14(17)11-15(16)8-4-5-9-15/h2-3,6-7H,4-5,8-11,16H2,1H3. The van der Waals surface area contributed by atoms with Crippen molar-refractivity contribution in [3.63, 3.8) is 0 Å². The van der Waals surface area contributed by atoms with Crippen molar-refractivity contribution in [1.82, 2.24) is 0 Å². The van der Waals surface area contributed by atoms with Crippen LogP contribution < -0.4 is 5.73 Å². The molecule has 17 heavy (non-hydrogen) atoms. The highest BCUT2D eigenvalue weighted by Crippen LogP contribution is 2.30. The summed E-state index contributed by atoms with van der Waals surface area (Å²) in [6, 6.07) is 8.08. The molecule has 2 N–H and O–H groups in total. The molecule has 2 nitrogen and oxygen atoms in total. The lowest BCUT2D eigenvalue weighted by Gasteiger charge is -2.22. The maximum Gasteiger partial charge on any atom is 0.139 e. The van der Waals surface area contributed by atoms with Crippen molar-refractivity contribution in [2.45, 2.75) is 51.0 Å². The molecular formula is C15H21NO. The van der Waals surface area contributed by atoms with E-state index in [2.05, 4.69) is 13.0 Å². The fourth-order valence-electron chi connectivity index (χ4n) is 2.73. The normalized spacial score (nSPS) is 18.2. The molecule has 1 aromatic carbocycles. The molecule has 1 aliphatic carbocycles. The minimum Gasteiger partial charge on any atom is -0.325 e. The molecule has 1 fully saturated rings. The average molecular weight is 231 g/mol. The first kappa shape index (κ1) is 12.3. The van der Waals surface area contributed by atoms with Gasteiger partial charge in [0.15, 0.2) is 0 Å². The molecule has 1 aliphatic rings. The number of ketones is 1. The predicted octanol–water partition coefficient (Wildman–Crippen LogP) is 2.77. The van der Waals surface area contributed by atoms with Gasteiger partial charge in [0.25, 0.3) is 0 Å². The van der Waals surface area contributed by atoms with Gasteiger partial charge in [-0.1, -0.05) is 37.1 Å². The highest BCUT2D eigenvalue weighted by Gasteiger charge is 2.31. The molecule has 0 atom stereocenters. The van der Waals surface area contributed by atoms with E-state index in [4.69, 9.17) is 5.73 Å². The first-order valence-corrected chi connectivity index (χ1v) is 6.44. The topological polar surface area (TPSA) is 43.1 Å². The first-order valence-electron chi connectivity index (χ1n) is 6.44. The SMILES string of the molecule is Cc1ccccc1CC(=O)CC1(N)CCCC1. The van der Waals surface area contributed by atoms with Gasteiger partial charge in [-0.15, -0.1) is 0 Å². The molecule has 0 unspecified atom stereocenters. The van der Waals surface area contributed by atoms with Crippen LogP contribution in [0.1, 0.15) is 43.2 Å². The van der Waals surface area contributed by atoms with E-state index in [1.807, 2.05) is 18.2 Å². The third-order valence-corrected chi connectivity index (χ3v) is 3.80. The Balaban J connectivity index is 1.96. The highest BCUT2D eigenvalue weighted by atomic mass is 16.1. The molecule has 1 saturated carbocycles. The Morgan fingerprint density at radius 3 is 2.59 bits per heavy atom. The second kappa shape index (κ2) is 5.01. The van der Waals surface area contributed by atoms with Gasteiger partial charge in [-0.3, -0.25) is 4.79 Å². The second-order valence-electron chi connectivity index (χ2n) is 5.39. The molecular weight excluding hydrogens is 210 g/mol. The number of rotatable bonds is 4. The van der Waals surface area contributed by atoms with Gasteiger partial charge < -0.3 is 5.73 Å². The number of aryl methyl sites for hydroxylation is 1. The van der Waals surface area contributed by atoms with Crippen LogP contribution in [-0.4, -0.2) is 11.3 Å². The van der Waals surface area contributed by atoms with Crippen molar-refractivity contribution in [3.05, 3.63) is 35.4 Å². The highest BCUT2D eigenvalue weighted by molar-refractivity contribution is 5.82. The van der Waals surface area contributed by atoms with Gasteiger partial charge in [0.1, 0.15) is 5.78 Å². The smallest absolute Gasteiger partial charge is 0.139 e. The van der Waals surface area contributed by atoms with Crippen LogP contribution in [0.25, 0.3) is 0 Å². The molecule has 1 aromatic rings. The number of nitrogens with two attached hydrogens (primary N) is 1. The zero-order chi connectivity index (χ0) is 12.3. The summed E-state index contributed by atoms with van der Waals surface area (Å²) in [5.41, 5.74) is 8.35. The lowest BCUT2D eigenvalue weighted by atomic mass is 9.89. The summed E-state index contributed by atoms with van der Waals surface area (Å²) in [5.74, 6) is 0.281. The summed E-state index contributed by atoms with van der Waals surface area (Å²) >= 11 is 0. The van der Waals surface area contributed by atoms with E-state index in [0.29, 0.717) is 12.8 Å². The monoisotopic (exact) mass is 231 g/mol. The van der Waals surface area contributed by atoms with E-state index >= 15 is 0 Å². The molecule has 0 spiro atoms. The van der Waals surface area contributed by atoms with Crippen molar-refractivity contribution in [1.29, 1.82) is 0 Å². The van der Waals surface area contributed by atoms with Gasteiger partial charge in [-0.25, -0.2) is 0 Å². The van der Waals surface area contributed by atoms with Gasteiger partial charge >= 0.3 is 0 Å². The summed E-state index contributed by atoms with van der Waals surface area (Å²) < 4.78 is 0. The van der Waals surface area contributed by atoms with E-state index in [0.717, 1.165) is 18.4 Å². The number of carbonyl (C=O) groups excluding carboxylic acids is 1. The van der Waals surface area contributed by atoms with E-state index in [-0.39, 0.29) is 11.3 Å². The maximum absolute atomic E-state index is 12.0. The van der Waals surface area contributed by atoms with Gasteiger partial charge in [-0.05, 0) is 30.9 Å². The maximum atomic E-state index is 12.0. The van der Waals surface area contributed by atoms with Crippen LogP contribution in [-0.2, 0) is 11.2 Å². The zero-order valence-electron chi connectivity index (χ0n) is 10.5. The van der Waals surface area contributed by atoms with Crippen LogP contribution in [0.3, 0.4) is 0 Å². The van der Waals surface area contributed by atoms with Crippen LogP contribution >= 0.6 is 0 Å². The van der Waals surface area contributed by atoms with Gasteiger partial charge in [0.05, 0.1) is 0 Å². The molecule has 0 aromatic heterocycles. The van der Waals surface area contributed by atoms with Crippen LogP contribution in [0.5, 0.6) is 0 Å². The molecule has 2 heteroatoms. The summed E-state index contributed by atoms with van der Waals surface area (Å²) in [6.07, 6.45) is 5.44. The largest absolute Gasteiger partial charge is 0.325 e. The van der Waals surface area contributed by atoms with Crippen molar-refractivity contribution >= 4 is 5.78 Å². The van der Waals surface area contributed by atoms with Crippen molar-refractivity contribution in [2.75, 3.05) is 0 Å². The lowest BCUT2D eigenvalue weighted by Crippen LogP contribution is -2.39. The quantitative estimate of drug-likeness (QED) is 0.866. The van der Waals surface area contributed by atoms with Gasteiger partial charge in [-0.2, -0.15) is 0 Å². The van der Waals surface area contributed by atoms with E-state index in [1.54, 1.807) is 0 Å². The Morgan fingerprint density at radius 2 is 1.94 bits per heavy atom. The van der Waals surface area contributed by atoms with E-state index in [9.17, 15) is 4.79 Å². The molecule has 0 amide bonds. The Morgan fingerprint density at radius 1 is 1.29 bits per heavy atom. The lowest BCUT2D eigenvalue weighted by molar-refractivity contribution is -0.119. The summed E-state index contributed by atoms with van der Waals surface area (Å²) in [6.45, 7) is 2.05. The Hall–Kier alpha value is -1.15. The van der Waals surface area contributed by atoms with Crippen LogP contribution in [0.2, 0.25) is 0 Å². The predicted molar refractivity (Wildman–Crippen MR) is 69.9 cm³/mol. The zero-order valence-corrected chi connectivity index (χ0v) is 10.5. The third-order valence-electron chi connectivity index (χ3n) is 3.80. The summed E-state index contributed by atoms with van der Waals surface area (Å²) in [4.78, 5) is 12.0. The fourth-order valence-corrected chi connectivity index (χ4v) is 2.73. The Labute approximate surface area is 103 Å². The van der Waals surface area contributed by atoms with Crippen molar-refractivity contribution in [2.24, 2.45) is 5.73 Å². The second-order valence-corrected chi connectivity index (χ2v) is 5.39. The minimum absolute atomic E-state index is 0.209. The van der Waals surface area contributed by atoms with Crippen LogP contribution in [0, 0.1) is 6.92 Å². The third kappa shape index (κ3) is 3.16. The molecule has 92 valence electrons. The van der Waals surface area contributed by atoms with E-state index < -0.39 is 0 Å². The van der Waals surface area contributed by atoms with Gasteiger partial charge in [0, 0.05) is 18.4 Å². The van der Waals surface area contributed by atoms with Gasteiger partial charge in [0.2, 0.25) is 0 Å². The van der Waals surface area contributed by atoms with Crippen LogP contribution in [0.15, 0.2) is 24.3 Å². The summed E-state index contributed by atoms with van der Waals surface area (Å²) in [5, 5.41) is 0. The fraction of sp³-hybridized carbons (Fsp3) is 0.533. The molecule has 0 radical (unpaired) electrons.